The van der Waals surface area contributed by atoms with Crippen LogP contribution < -0.4 is 20.9 Å². The van der Waals surface area contributed by atoms with E-state index < -0.39 is 14.0 Å². The molecular weight excluding hydrogens is 256 g/mol. The molecule has 2 N–H and O–H groups in total. The lowest BCUT2D eigenvalue weighted by Crippen LogP contribution is -2.17. The van der Waals surface area contributed by atoms with Crippen molar-refractivity contribution < 1.29 is 22.5 Å². The second kappa shape index (κ2) is 3.81. The van der Waals surface area contributed by atoms with Gasteiger partial charge in [-0.2, -0.15) is 10.6 Å². The molecule has 1 unspecified atom stereocenters. The Bertz CT molecular complexity index is 452. The average Bonchev–Trinajstić information content (AvgIpc) is 2.66. The fraction of sp³-hybridized carbons (Fsp3) is 0.333. The summed E-state index contributed by atoms with van der Waals surface area (Å²) in [4.78, 5) is 0. The number of nitrogens with zero attached hydrogens (tertiary/aromatic N) is 1. The Morgan fingerprint density at radius 2 is 1.88 bits per heavy atom. The molecule has 1 aliphatic rings. The third-order valence-electron chi connectivity index (χ3n) is 2.14. The highest BCUT2D eigenvalue weighted by molar-refractivity contribution is 7.93. The first kappa shape index (κ1) is 12.6. The number of ether oxygens (including phenoxy) is 1. The van der Waals surface area contributed by atoms with Crippen LogP contribution in [0.3, 0.4) is 0 Å². The third-order valence-corrected chi connectivity index (χ3v) is 4.69. The first-order valence-electron chi connectivity index (χ1n) is 4.68. The maximum absolute atomic E-state index is 12.0. The molecule has 0 saturated heterocycles. The second-order valence-electron chi connectivity index (χ2n) is 3.75. The summed E-state index contributed by atoms with van der Waals surface area (Å²) in [6.07, 6.45) is -4.69. The monoisotopic (exact) mass is 267 g/mol. The van der Waals surface area contributed by atoms with Crippen LogP contribution in [-0.4, -0.2) is 25.5 Å². The maximum Gasteiger partial charge on any atom is 0.573 e. The van der Waals surface area contributed by atoms with Crippen molar-refractivity contribution in [2.45, 2.75) is 6.36 Å². The first-order chi connectivity index (χ1) is 7.72. The minimum atomic E-state index is -4.69. The van der Waals surface area contributed by atoms with E-state index in [-0.39, 0.29) is 5.75 Å². The summed E-state index contributed by atoms with van der Waals surface area (Å²) >= 11 is 0. The van der Waals surface area contributed by atoms with Gasteiger partial charge in [0.15, 0.2) is 10.6 Å². The zero-order valence-corrected chi connectivity index (χ0v) is 10.0. The maximum atomic E-state index is 12.0. The fourth-order valence-corrected chi connectivity index (χ4v) is 3.83. The molecule has 1 aliphatic heterocycles. The molecule has 4 nitrogen and oxygen atoms in total. The van der Waals surface area contributed by atoms with Crippen molar-refractivity contribution in [2.75, 3.05) is 14.1 Å². The van der Waals surface area contributed by atoms with Crippen LogP contribution in [-0.2, 0) is 4.62 Å². The number of nitrogens with two attached hydrogens (primary N) is 1. The quantitative estimate of drug-likeness (QED) is 0.659. The number of halogens is 3. The molecule has 1 heterocycles. The summed E-state index contributed by atoms with van der Waals surface area (Å²) in [6, 6.07) is 4.02. The molecule has 0 saturated carbocycles. The highest BCUT2D eigenvalue weighted by Gasteiger charge is 2.64. The number of hydrogen-bond donors (Lipinski definition) is 1. The van der Waals surface area contributed by atoms with Crippen molar-refractivity contribution in [2.24, 2.45) is 5.50 Å². The van der Waals surface area contributed by atoms with E-state index in [1.54, 1.807) is 14.1 Å². The van der Waals surface area contributed by atoms with Gasteiger partial charge in [-0.1, -0.05) is 0 Å². The third kappa shape index (κ3) is 2.52. The predicted molar refractivity (Wildman–Crippen MR) is 58.3 cm³/mol. The van der Waals surface area contributed by atoms with Crippen LogP contribution in [0.25, 0.3) is 0 Å². The van der Waals surface area contributed by atoms with Crippen molar-refractivity contribution in [3.8, 4) is 5.75 Å². The van der Waals surface area contributed by atoms with E-state index in [1.807, 2.05) is 0 Å². The van der Waals surface area contributed by atoms with Gasteiger partial charge in [0.25, 0.3) is 0 Å². The zero-order valence-electron chi connectivity index (χ0n) is 9.15. The minimum absolute atomic E-state index is 0.272. The molecule has 1 aromatic rings. The van der Waals surface area contributed by atoms with E-state index in [2.05, 4.69) is 4.74 Å². The Balaban J connectivity index is 2.16. The Hall–Kier alpha value is -0.880. The lowest BCUT2D eigenvalue weighted by Gasteiger charge is -2.07. The molecule has 0 spiro atoms. The van der Waals surface area contributed by atoms with Gasteiger partial charge in [-0.05, 0) is 12.1 Å². The number of rotatable bonds is 3. The van der Waals surface area contributed by atoms with Crippen molar-refractivity contribution in [3.63, 3.8) is 0 Å². The van der Waals surface area contributed by atoms with E-state index in [0.717, 1.165) is 5.30 Å². The SMILES string of the molecule is CN(C)O[P+]1(N)c2ccc(OC(F)(F)F)cc21. The number of fused-ring (bicyclic) bond motifs is 1. The highest BCUT2D eigenvalue weighted by Crippen LogP contribution is 2.61. The van der Waals surface area contributed by atoms with E-state index >= 15 is 0 Å². The molecule has 94 valence electrons. The number of alkyl halides is 3. The van der Waals surface area contributed by atoms with Gasteiger partial charge >= 0.3 is 14.0 Å². The van der Waals surface area contributed by atoms with E-state index in [1.165, 1.54) is 23.3 Å². The summed E-state index contributed by atoms with van der Waals surface area (Å²) in [7, 11) is 1.00. The molecule has 2 rings (SSSR count). The minimum Gasteiger partial charge on any atom is -0.406 e. The fourth-order valence-electron chi connectivity index (χ4n) is 1.53. The molecule has 0 bridgehead atoms. The Morgan fingerprint density at radius 1 is 1.24 bits per heavy atom. The summed E-state index contributed by atoms with van der Waals surface area (Å²) in [5.74, 6) is -0.272. The van der Waals surface area contributed by atoms with E-state index in [0.29, 0.717) is 5.30 Å². The average molecular weight is 267 g/mol. The van der Waals surface area contributed by atoms with Crippen molar-refractivity contribution in [1.29, 1.82) is 0 Å². The number of hydroxylamine groups is 2. The van der Waals surface area contributed by atoms with Gasteiger partial charge in [-0.3, -0.25) is 0 Å². The molecule has 0 aliphatic carbocycles. The zero-order chi connectivity index (χ0) is 12.8. The Kier molecular flexibility index (Phi) is 2.82. The lowest BCUT2D eigenvalue weighted by molar-refractivity contribution is -0.274. The van der Waals surface area contributed by atoms with Crippen LogP contribution in [0.5, 0.6) is 5.75 Å². The van der Waals surface area contributed by atoms with Crippen LogP contribution in [0.4, 0.5) is 13.2 Å². The molecule has 1 atom stereocenters. The van der Waals surface area contributed by atoms with Crippen molar-refractivity contribution in [3.05, 3.63) is 18.2 Å². The summed E-state index contributed by atoms with van der Waals surface area (Å²) < 4.78 is 45.2. The molecule has 17 heavy (non-hydrogen) atoms. The molecular formula is C9H11F3N2O2P+. The lowest BCUT2D eigenvalue weighted by atomic mass is 10.3. The first-order valence-corrected chi connectivity index (χ1v) is 6.45. The van der Waals surface area contributed by atoms with Crippen LogP contribution >= 0.6 is 7.64 Å². The summed E-state index contributed by atoms with van der Waals surface area (Å²) in [6.45, 7) is 0. The van der Waals surface area contributed by atoms with Crippen LogP contribution in [0.2, 0.25) is 0 Å². The molecule has 0 fully saturated rings. The molecule has 1 aromatic carbocycles. The summed E-state index contributed by atoms with van der Waals surface area (Å²) in [5, 5.41) is 2.81. The summed E-state index contributed by atoms with van der Waals surface area (Å²) in [5.41, 5.74) is 5.96. The number of hydrogen-bond acceptors (Lipinski definition) is 4. The standard InChI is InChI=1S/C9H11F3N2O2P/c1-14(2)16-17(13)7-4-3-6(5-8(7)17)15-9(10,11)12/h3-5H,13H2,1-2H3/q+1. The molecule has 0 aromatic heterocycles. The normalized spacial score (nSPS) is 22.5. The van der Waals surface area contributed by atoms with E-state index in [9.17, 15) is 13.2 Å². The van der Waals surface area contributed by atoms with Gasteiger partial charge in [0.05, 0.1) is 0 Å². The second-order valence-corrected chi connectivity index (χ2v) is 6.19. The van der Waals surface area contributed by atoms with Crippen molar-refractivity contribution >= 4 is 18.2 Å². The van der Waals surface area contributed by atoms with Gasteiger partial charge in [0, 0.05) is 20.2 Å². The van der Waals surface area contributed by atoms with Crippen molar-refractivity contribution in [1.82, 2.24) is 5.06 Å². The smallest absolute Gasteiger partial charge is 0.406 e. The van der Waals surface area contributed by atoms with Gasteiger partial charge in [0.2, 0.25) is 0 Å². The molecule has 0 amide bonds. The topological polar surface area (TPSA) is 47.7 Å². The Labute approximate surface area is 96.5 Å². The van der Waals surface area contributed by atoms with Gasteiger partial charge in [-0.25, -0.2) is 0 Å². The van der Waals surface area contributed by atoms with Gasteiger partial charge < -0.3 is 4.74 Å². The molecule has 0 radical (unpaired) electrons. The van der Waals surface area contributed by atoms with Crippen LogP contribution in [0, 0.1) is 0 Å². The largest absolute Gasteiger partial charge is 0.573 e. The van der Waals surface area contributed by atoms with Gasteiger partial charge in [0.1, 0.15) is 5.75 Å². The number of benzene rings is 1. The predicted octanol–water partition coefficient (Wildman–Crippen LogP) is 1.15. The van der Waals surface area contributed by atoms with Gasteiger partial charge in [-0.15, -0.1) is 17.8 Å². The van der Waals surface area contributed by atoms with E-state index in [4.69, 9.17) is 10.1 Å². The highest BCUT2D eigenvalue weighted by atomic mass is 31.2. The Morgan fingerprint density at radius 3 is 2.41 bits per heavy atom. The molecule has 8 heteroatoms. The van der Waals surface area contributed by atoms with Crippen LogP contribution in [0.1, 0.15) is 0 Å². The van der Waals surface area contributed by atoms with Crippen LogP contribution in [0.15, 0.2) is 18.2 Å².